The van der Waals surface area contributed by atoms with E-state index >= 15 is 0 Å². The molecule has 92 valence electrons. The lowest BCUT2D eigenvalue weighted by molar-refractivity contribution is 0.0363. The number of ether oxygens (including phenoxy) is 2. The standard InChI is InChI=1S/C12H16N2O2S/c17-12(16-11-4-2-1-3-5-11)13-10-14-6-8-15-9-7-14/h1-5H,6-10H2,(H,13,17). The molecule has 0 saturated carbocycles. The normalized spacial score (nSPS) is 16.5. The molecule has 1 N–H and O–H groups in total. The zero-order valence-electron chi connectivity index (χ0n) is 9.59. The fourth-order valence-electron chi connectivity index (χ4n) is 1.57. The van der Waals surface area contributed by atoms with E-state index in [0.717, 1.165) is 32.1 Å². The van der Waals surface area contributed by atoms with Gasteiger partial charge in [0.25, 0.3) is 5.17 Å². The number of morpholine rings is 1. The number of para-hydroxylation sites is 1. The Kier molecular flexibility index (Phi) is 4.73. The molecule has 1 aromatic rings. The molecule has 1 aliphatic heterocycles. The van der Waals surface area contributed by atoms with Crippen LogP contribution < -0.4 is 10.1 Å². The molecule has 0 aromatic heterocycles. The van der Waals surface area contributed by atoms with Crippen molar-refractivity contribution in [2.45, 2.75) is 0 Å². The summed E-state index contributed by atoms with van der Waals surface area (Å²) in [7, 11) is 0. The largest absolute Gasteiger partial charge is 0.432 e. The second-order valence-electron chi connectivity index (χ2n) is 3.77. The van der Waals surface area contributed by atoms with Crippen LogP contribution in [0.3, 0.4) is 0 Å². The monoisotopic (exact) mass is 252 g/mol. The highest BCUT2D eigenvalue weighted by atomic mass is 32.1. The van der Waals surface area contributed by atoms with Crippen molar-refractivity contribution < 1.29 is 9.47 Å². The van der Waals surface area contributed by atoms with Crippen molar-refractivity contribution in [3.05, 3.63) is 30.3 Å². The molecule has 1 fully saturated rings. The van der Waals surface area contributed by atoms with Crippen LogP contribution in [0.15, 0.2) is 30.3 Å². The molecule has 0 spiro atoms. The van der Waals surface area contributed by atoms with E-state index in [-0.39, 0.29) is 0 Å². The molecule has 2 rings (SSSR count). The lowest BCUT2D eigenvalue weighted by Crippen LogP contribution is -2.44. The number of nitrogens with zero attached hydrogens (tertiary/aromatic N) is 1. The number of benzene rings is 1. The Hall–Kier alpha value is -1.17. The van der Waals surface area contributed by atoms with E-state index in [2.05, 4.69) is 10.2 Å². The highest BCUT2D eigenvalue weighted by Crippen LogP contribution is 2.08. The van der Waals surface area contributed by atoms with E-state index in [1.165, 1.54) is 0 Å². The van der Waals surface area contributed by atoms with Crippen LogP contribution in [-0.4, -0.2) is 43.0 Å². The van der Waals surface area contributed by atoms with Gasteiger partial charge in [-0.1, -0.05) is 18.2 Å². The fourth-order valence-corrected chi connectivity index (χ4v) is 1.73. The highest BCUT2D eigenvalue weighted by Gasteiger charge is 2.10. The number of thiocarbonyl (C=S) groups is 1. The van der Waals surface area contributed by atoms with Gasteiger partial charge in [-0.25, -0.2) is 0 Å². The minimum atomic E-state index is 0.405. The van der Waals surface area contributed by atoms with Crippen LogP contribution in [0.5, 0.6) is 5.75 Å². The van der Waals surface area contributed by atoms with Gasteiger partial charge in [0.05, 0.1) is 19.9 Å². The minimum absolute atomic E-state index is 0.405. The summed E-state index contributed by atoms with van der Waals surface area (Å²) in [6.45, 7) is 4.14. The molecule has 0 radical (unpaired) electrons. The topological polar surface area (TPSA) is 33.7 Å². The van der Waals surface area contributed by atoms with Gasteiger partial charge in [-0.05, 0) is 24.4 Å². The van der Waals surface area contributed by atoms with Crippen molar-refractivity contribution >= 4 is 17.4 Å². The second-order valence-corrected chi connectivity index (χ2v) is 4.14. The number of nitrogens with one attached hydrogen (secondary N) is 1. The van der Waals surface area contributed by atoms with E-state index in [1.54, 1.807) is 0 Å². The first kappa shape index (κ1) is 12.3. The summed E-state index contributed by atoms with van der Waals surface area (Å²) >= 11 is 5.11. The molecule has 0 aliphatic carbocycles. The van der Waals surface area contributed by atoms with E-state index < -0.39 is 0 Å². The summed E-state index contributed by atoms with van der Waals surface area (Å²) < 4.78 is 10.7. The van der Waals surface area contributed by atoms with Gasteiger partial charge in [0, 0.05) is 13.1 Å². The molecule has 5 heteroatoms. The summed E-state index contributed by atoms with van der Waals surface area (Å²) in [4.78, 5) is 2.24. The minimum Gasteiger partial charge on any atom is -0.432 e. The average molecular weight is 252 g/mol. The Morgan fingerprint density at radius 2 is 2.00 bits per heavy atom. The smallest absolute Gasteiger partial charge is 0.263 e. The van der Waals surface area contributed by atoms with Crippen LogP contribution in [-0.2, 0) is 4.74 Å². The van der Waals surface area contributed by atoms with Crippen molar-refractivity contribution in [1.29, 1.82) is 0 Å². The Balaban J connectivity index is 1.70. The molecule has 0 unspecified atom stereocenters. The SMILES string of the molecule is S=C(NCN1CCOCC1)Oc1ccccc1. The Morgan fingerprint density at radius 3 is 2.71 bits per heavy atom. The van der Waals surface area contributed by atoms with Gasteiger partial charge in [0.1, 0.15) is 5.75 Å². The quantitative estimate of drug-likeness (QED) is 0.818. The predicted molar refractivity (Wildman–Crippen MR) is 70.1 cm³/mol. The first-order chi connectivity index (χ1) is 8.34. The predicted octanol–water partition coefficient (Wildman–Crippen LogP) is 1.23. The zero-order valence-corrected chi connectivity index (χ0v) is 10.4. The summed E-state index contributed by atoms with van der Waals surface area (Å²) in [6, 6.07) is 9.53. The summed E-state index contributed by atoms with van der Waals surface area (Å²) in [5.74, 6) is 0.756. The van der Waals surface area contributed by atoms with E-state index in [1.807, 2.05) is 30.3 Å². The maximum absolute atomic E-state index is 5.47. The number of hydrogen-bond donors (Lipinski definition) is 1. The Morgan fingerprint density at radius 1 is 1.29 bits per heavy atom. The van der Waals surface area contributed by atoms with Crippen molar-refractivity contribution in [2.75, 3.05) is 33.0 Å². The molecule has 4 nitrogen and oxygen atoms in total. The third-order valence-corrected chi connectivity index (χ3v) is 2.73. The van der Waals surface area contributed by atoms with Crippen LogP contribution in [0, 0.1) is 0 Å². The molecule has 1 heterocycles. The summed E-state index contributed by atoms with van der Waals surface area (Å²) in [6.07, 6.45) is 0. The number of hydrogen-bond acceptors (Lipinski definition) is 4. The van der Waals surface area contributed by atoms with Crippen LogP contribution in [0.4, 0.5) is 0 Å². The third kappa shape index (κ3) is 4.30. The molecular formula is C12H16N2O2S. The lowest BCUT2D eigenvalue weighted by Gasteiger charge is -2.26. The molecule has 1 saturated heterocycles. The van der Waals surface area contributed by atoms with Crippen molar-refractivity contribution in [3.63, 3.8) is 0 Å². The molecule has 1 aliphatic rings. The average Bonchev–Trinajstić information content (AvgIpc) is 2.39. The van der Waals surface area contributed by atoms with E-state index in [0.29, 0.717) is 11.8 Å². The van der Waals surface area contributed by atoms with Crippen LogP contribution >= 0.6 is 12.2 Å². The van der Waals surface area contributed by atoms with Crippen LogP contribution in [0.1, 0.15) is 0 Å². The molecule has 17 heavy (non-hydrogen) atoms. The van der Waals surface area contributed by atoms with Gasteiger partial charge in [-0.2, -0.15) is 0 Å². The molecule has 0 atom stereocenters. The zero-order chi connectivity index (χ0) is 11.9. The summed E-state index contributed by atoms with van der Waals surface area (Å²) in [5.41, 5.74) is 0. The maximum Gasteiger partial charge on any atom is 0.263 e. The van der Waals surface area contributed by atoms with E-state index in [9.17, 15) is 0 Å². The van der Waals surface area contributed by atoms with Crippen molar-refractivity contribution in [1.82, 2.24) is 10.2 Å². The Bertz CT molecular complexity index is 353. The van der Waals surface area contributed by atoms with Crippen LogP contribution in [0.25, 0.3) is 0 Å². The Labute approximate surface area is 107 Å². The van der Waals surface area contributed by atoms with E-state index in [4.69, 9.17) is 21.7 Å². The van der Waals surface area contributed by atoms with Crippen LogP contribution in [0.2, 0.25) is 0 Å². The molecule has 0 amide bonds. The second kappa shape index (κ2) is 6.54. The fraction of sp³-hybridized carbons (Fsp3) is 0.417. The van der Waals surface area contributed by atoms with Crippen molar-refractivity contribution in [3.8, 4) is 5.75 Å². The van der Waals surface area contributed by atoms with Gasteiger partial charge in [-0.3, -0.25) is 4.90 Å². The molecular weight excluding hydrogens is 236 g/mol. The lowest BCUT2D eigenvalue weighted by atomic mass is 10.3. The highest BCUT2D eigenvalue weighted by molar-refractivity contribution is 7.80. The van der Waals surface area contributed by atoms with Gasteiger partial charge in [-0.15, -0.1) is 0 Å². The van der Waals surface area contributed by atoms with Gasteiger partial charge >= 0.3 is 0 Å². The maximum atomic E-state index is 5.47. The van der Waals surface area contributed by atoms with Gasteiger partial charge < -0.3 is 14.8 Å². The first-order valence-corrected chi connectivity index (χ1v) is 6.06. The molecule has 0 bridgehead atoms. The van der Waals surface area contributed by atoms with Gasteiger partial charge in [0.2, 0.25) is 0 Å². The van der Waals surface area contributed by atoms with Crippen molar-refractivity contribution in [2.24, 2.45) is 0 Å². The first-order valence-electron chi connectivity index (χ1n) is 5.65. The third-order valence-electron chi connectivity index (χ3n) is 2.50. The van der Waals surface area contributed by atoms with Gasteiger partial charge in [0.15, 0.2) is 0 Å². The molecule has 1 aromatic carbocycles. The number of rotatable bonds is 3. The summed E-state index contributed by atoms with van der Waals surface area (Å²) in [5, 5.41) is 3.49.